The van der Waals surface area contributed by atoms with Crippen molar-refractivity contribution in [2.75, 3.05) is 11.9 Å². The first-order valence-corrected chi connectivity index (χ1v) is 10.1. The zero-order valence-electron chi connectivity index (χ0n) is 16.9. The summed E-state index contributed by atoms with van der Waals surface area (Å²) in [6.45, 7) is 6.79. The summed E-state index contributed by atoms with van der Waals surface area (Å²) in [5, 5.41) is 2.82. The van der Waals surface area contributed by atoms with E-state index in [-0.39, 0.29) is 18.0 Å². The number of carbonyl (C=O) groups excluding carboxylic acids is 2. The molecule has 0 fully saturated rings. The topological polar surface area (TPSA) is 84.7 Å². The minimum Gasteiger partial charge on any atom is -0.494 e. The second-order valence-electron chi connectivity index (χ2n) is 7.33. The van der Waals surface area contributed by atoms with Gasteiger partial charge in [-0.25, -0.2) is 4.79 Å². The summed E-state index contributed by atoms with van der Waals surface area (Å²) < 4.78 is 5.75. The molecule has 154 valence electrons. The Morgan fingerprint density at radius 1 is 1.24 bits per heavy atom. The monoisotopic (exact) mass is 415 g/mol. The van der Waals surface area contributed by atoms with Gasteiger partial charge < -0.3 is 20.7 Å². The number of benzene rings is 2. The van der Waals surface area contributed by atoms with Crippen molar-refractivity contribution >= 4 is 29.2 Å². The molecule has 6 nitrogen and oxygen atoms in total. The third-order valence-electron chi connectivity index (χ3n) is 5.14. The van der Waals surface area contributed by atoms with Gasteiger partial charge in [-0.15, -0.1) is 0 Å². The lowest BCUT2D eigenvalue weighted by Crippen LogP contribution is -2.45. The lowest BCUT2D eigenvalue weighted by molar-refractivity contribution is 0.0580. The van der Waals surface area contributed by atoms with Crippen LogP contribution < -0.4 is 15.8 Å². The van der Waals surface area contributed by atoms with Crippen molar-refractivity contribution < 1.29 is 14.3 Å². The summed E-state index contributed by atoms with van der Waals surface area (Å²) in [6.07, 6.45) is 1.68. The Morgan fingerprint density at radius 3 is 2.69 bits per heavy atom. The van der Waals surface area contributed by atoms with Gasteiger partial charge in [0, 0.05) is 11.7 Å². The maximum Gasteiger partial charge on any atom is 0.316 e. The maximum atomic E-state index is 13.4. The van der Waals surface area contributed by atoms with Gasteiger partial charge in [0.1, 0.15) is 5.75 Å². The highest BCUT2D eigenvalue weighted by atomic mass is 35.5. The predicted molar refractivity (Wildman–Crippen MR) is 115 cm³/mol. The Hall–Kier alpha value is -2.73. The molecule has 2 atom stereocenters. The SMILES string of the molecule is CCCOc1ccc2c(c1)CC(C)N(C(=O)c1cc(NC(N)=O)ccc1Cl)C2C. The van der Waals surface area contributed by atoms with Crippen LogP contribution in [0.2, 0.25) is 5.02 Å². The van der Waals surface area contributed by atoms with Crippen molar-refractivity contribution in [1.29, 1.82) is 0 Å². The van der Waals surface area contributed by atoms with E-state index in [2.05, 4.69) is 18.3 Å². The highest BCUT2D eigenvalue weighted by Gasteiger charge is 2.34. The fourth-order valence-corrected chi connectivity index (χ4v) is 4.05. The number of halogens is 1. The van der Waals surface area contributed by atoms with Crippen molar-refractivity contribution in [3.63, 3.8) is 0 Å². The van der Waals surface area contributed by atoms with Gasteiger partial charge in [0.05, 0.1) is 23.2 Å². The molecule has 0 radical (unpaired) electrons. The number of nitrogens with zero attached hydrogens (tertiary/aromatic N) is 1. The van der Waals surface area contributed by atoms with E-state index in [1.807, 2.05) is 30.9 Å². The summed E-state index contributed by atoms with van der Waals surface area (Å²) in [6, 6.07) is 9.99. The van der Waals surface area contributed by atoms with Gasteiger partial charge >= 0.3 is 6.03 Å². The highest BCUT2D eigenvalue weighted by Crippen LogP contribution is 2.37. The van der Waals surface area contributed by atoms with E-state index >= 15 is 0 Å². The molecule has 1 aliphatic rings. The molecule has 1 aliphatic heterocycles. The van der Waals surface area contributed by atoms with E-state index in [0.717, 1.165) is 24.2 Å². The number of rotatable bonds is 5. The number of ether oxygens (including phenoxy) is 1. The Labute approximate surface area is 176 Å². The van der Waals surface area contributed by atoms with Gasteiger partial charge in [0.15, 0.2) is 0 Å². The van der Waals surface area contributed by atoms with Crippen molar-refractivity contribution in [2.45, 2.75) is 45.7 Å². The number of fused-ring (bicyclic) bond motifs is 1. The second-order valence-corrected chi connectivity index (χ2v) is 7.74. The van der Waals surface area contributed by atoms with Gasteiger partial charge in [0.25, 0.3) is 5.91 Å². The van der Waals surface area contributed by atoms with E-state index in [1.54, 1.807) is 18.2 Å². The van der Waals surface area contributed by atoms with Crippen molar-refractivity contribution in [2.24, 2.45) is 5.73 Å². The Balaban J connectivity index is 1.90. The molecule has 0 spiro atoms. The van der Waals surface area contributed by atoms with E-state index in [9.17, 15) is 9.59 Å². The predicted octanol–water partition coefficient (Wildman–Crippen LogP) is 4.77. The van der Waals surface area contributed by atoms with E-state index in [0.29, 0.717) is 22.9 Å². The molecule has 29 heavy (non-hydrogen) atoms. The normalized spacial score (nSPS) is 18.1. The zero-order chi connectivity index (χ0) is 21.1. The van der Waals surface area contributed by atoms with Crippen LogP contribution >= 0.6 is 11.6 Å². The fourth-order valence-electron chi connectivity index (χ4n) is 3.85. The summed E-state index contributed by atoms with van der Waals surface area (Å²) >= 11 is 6.30. The molecule has 1 heterocycles. The third kappa shape index (κ3) is 4.48. The lowest BCUT2D eigenvalue weighted by Gasteiger charge is -2.40. The van der Waals surface area contributed by atoms with E-state index in [1.165, 1.54) is 5.56 Å². The molecule has 0 saturated heterocycles. The molecule has 0 saturated carbocycles. The summed E-state index contributed by atoms with van der Waals surface area (Å²) in [5.74, 6) is 0.679. The van der Waals surface area contributed by atoms with Gasteiger partial charge in [-0.1, -0.05) is 24.6 Å². The number of hydrogen-bond donors (Lipinski definition) is 2. The van der Waals surface area contributed by atoms with Crippen LogP contribution in [0.5, 0.6) is 5.75 Å². The molecule has 7 heteroatoms. The van der Waals surface area contributed by atoms with Crippen molar-refractivity contribution in [3.8, 4) is 5.75 Å². The largest absolute Gasteiger partial charge is 0.494 e. The number of hydrogen-bond acceptors (Lipinski definition) is 3. The van der Waals surface area contributed by atoms with Crippen LogP contribution in [-0.2, 0) is 6.42 Å². The molecule has 3 rings (SSSR count). The Kier molecular flexibility index (Phi) is 6.33. The van der Waals surface area contributed by atoms with Crippen LogP contribution in [0.3, 0.4) is 0 Å². The smallest absolute Gasteiger partial charge is 0.316 e. The van der Waals surface area contributed by atoms with Crippen molar-refractivity contribution in [1.82, 2.24) is 4.90 Å². The van der Waals surface area contributed by atoms with Crippen LogP contribution in [0.25, 0.3) is 0 Å². The highest BCUT2D eigenvalue weighted by molar-refractivity contribution is 6.34. The molecule has 3 N–H and O–H groups in total. The van der Waals surface area contributed by atoms with Gasteiger partial charge in [0.2, 0.25) is 0 Å². The van der Waals surface area contributed by atoms with E-state index < -0.39 is 6.03 Å². The molecule has 2 unspecified atom stereocenters. The average Bonchev–Trinajstić information content (AvgIpc) is 2.67. The Morgan fingerprint density at radius 2 is 2.00 bits per heavy atom. The fraction of sp³-hybridized carbons (Fsp3) is 0.364. The quantitative estimate of drug-likeness (QED) is 0.737. The number of nitrogens with two attached hydrogens (primary N) is 1. The van der Waals surface area contributed by atoms with Crippen LogP contribution in [0.4, 0.5) is 10.5 Å². The average molecular weight is 416 g/mol. The first kappa shape index (κ1) is 21.0. The molecule has 0 aliphatic carbocycles. The molecule has 2 aromatic carbocycles. The Bertz CT molecular complexity index is 932. The molecular formula is C22H26ClN3O3. The summed E-state index contributed by atoms with van der Waals surface area (Å²) in [5.41, 5.74) is 8.24. The molecule has 0 aromatic heterocycles. The molecular weight excluding hydrogens is 390 g/mol. The first-order valence-electron chi connectivity index (χ1n) is 9.76. The zero-order valence-corrected chi connectivity index (χ0v) is 17.6. The number of anilines is 1. The first-order chi connectivity index (χ1) is 13.8. The van der Waals surface area contributed by atoms with Gasteiger partial charge in [-0.3, -0.25) is 4.79 Å². The maximum absolute atomic E-state index is 13.4. The van der Waals surface area contributed by atoms with Crippen LogP contribution in [0.1, 0.15) is 54.7 Å². The number of amides is 3. The van der Waals surface area contributed by atoms with Gasteiger partial charge in [-0.05, 0) is 68.1 Å². The minimum atomic E-state index is -0.694. The van der Waals surface area contributed by atoms with Crippen LogP contribution in [0, 0.1) is 0 Å². The van der Waals surface area contributed by atoms with Crippen LogP contribution in [0.15, 0.2) is 36.4 Å². The third-order valence-corrected chi connectivity index (χ3v) is 5.47. The summed E-state index contributed by atoms with van der Waals surface area (Å²) in [4.78, 5) is 26.4. The minimum absolute atomic E-state index is 0.0183. The van der Waals surface area contributed by atoms with Gasteiger partial charge in [-0.2, -0.15) is 0 Å². The van der Waals surface area contributed by atoms with E-state index in [4.69, 9.17) is 22.1 Å². The number of primary amides is 1. The number of nitrogens with one attached hydrogen (secondary N) is 1. The summed E-state index contributed by atoms with van der Waals surface area (Å²) in [7, 11) is 0. The molecule has 2 aromatic rings. The molecule has 3 amide bonds. The number of carbonyl (C=O) groups is 2. The molecule has 0 bridgehead atoms. The van der Waals surface area contributed by atoms with Crippen LogP contribution in [-0.4, -0.2) is 29.5 Å². The number of urea groups is 1. The van der Waals surface area contributed by atoms with Crippen molar-refractivity contribution in [3.05, 3.63) is 58.1 Å². The lowest BCUT2D eigenvalue weighted by atomic mass is 9.88. The standard InChI is InChI=1S/C22H26ClN3O3/c1-4-9-29-17-6-7-18-14(3)26(13(2)10-15(18)11-17)21(27)19-12-16(25-22(24)28)5-8-20(19)23/h5-8,11-14H,4,9-10H2,1-3H3,(H3,24,25,28). The second kappa shape index (κ2) is 8.74.